The number of nitrogens with zero attached hydrogens (tertiary/aromatic N) is 4. The number of phenolic OH excluding ortho intramolecular Hbond substituents is 1. The van der Waals surface area contributed by atoms with Gasteiger partial charge in [0, 0.05) is 16.6 Å². The molecule has 224 valence electrons. The summed E-state index contributed by atoms with van der Waals surface area (Å²) in [7, 11) is -5.17. The van der Waals surface area contributed by atoms with Gasteiger partial charge in [-0.1, -0.05) is 0 Å². The molecule has 0 aliphatic rings. The van der Waals surface area contributed by atoms with Crippen LogP contribution in [0.25, 0.3) is 10.8 Å². The van der Waals surface area contributed by atoms with Crippen LogP contribution in [0, 0.1) is 12.0 Å². The molecule has 1 heterocycles. The van der Waals surface area contributed by atoms with Crippen LogP contribution in [0.2, 0.25) is 0 Å². The maximum Gasteiger partial charge on any atom is 1.00 e. The average molecular weight is 684 g/mol. The third kappa shape index (κ3) is 11.2. The number of aromatic hydroxyl groups is 1. The Morgan fingerprint density at radius 2 is 1.62 bits per heavy atom. The molecule has 0 aliphatic heterocycles. The van der Waals surface area contributed by atoms with Gasteiger partial charge in [-0.05, 0) is 41.8 Å². The second-order valence-corrected chi connectivity index (χ2v) is 10.3. The van der Waals surface area contributed by atoms with Crippen molar-refractivity contribution in [2.45, 2.75) is 14.7 Å². The molecule has 1 aromatic heterocycles. The summed E-state index contributed by atoms with van der Waals surface area (Å²) in [5.74, 6) is -1.96. The van der Waals surface area contributed by atoms with Crippen molar-refractivity contribution in [3.8, 4) is 5.75 Å². The largest absolute Gasteiger partial charge is 1.00 e. The molecule has 0 saturated carbocycles. The summed E-state index contributed by atoms with van der Waals surface area (Å²) >= 11 is 0.760. The van der Waals surface area contributed by atoms with Gasteiger partial charge in [-0.2, -0.15) is 40.9 Å². The molecule has 16 nitrogen and oxygen atoms in total. The van der Waals surface area contributed by atoms with Gasteiger partial charge in [0.25, 0.3) is 0 Å². The van der Waals surface area contributed by atoms with Crippen LogP contribution in [0.5, 0.6) is 5.75 Å². The van der Waals surface area contributed by atoms with E-state index < -0.39 is 44.2 Å². The molecule has 45 heavy (non-hydrogen) atoms. The minimum atomic E-state index is -5.17. The zero-order chi connectivity index (χ0) is 29.7. The quantitative estimate of drug-likeness (QED) is 0.0153. The van der Waals surface area contributed by atoms with Gasteiger partial charge < -0.3 is 31.2 Å². The van der Waals surface area contributed by atoms with Gasteiger partial charge >= 0.3 is 62.7 Å². The second kappa shape index (κ2) is 19.3. The number of phenols is 1. The maximum absolute atomic E-state index is 13.5. The number of nitrogens with one attached hydrogen (secondary N) is 1. The van der Waals surface area contributed by atoms with Crippen LogP contribution in [0.3, 0.4) is 0 Å². The monoisotopic (exact) mass is 684 g/mol. The van der Waals surface area contributed by atoms with Crippen molar-refractivity contribution < 1.29 is 113 Å². The number of hydrogen-bond donors (Lipinski definition) is 3. The van der Waals surface area contributed by atoms with E-state index in [2.05, 4.69) is 44.3 Å². The Morgan fingerprint density at radius 1 is 0.956 bits per heavy atom. The van der Waals surface area contributed by atoms with Crippen LogP contribution < -0.4 is 78.1 Å². The van der Waals surface area contributed by atoms with E-state index in [0.29, 0.717) is 24.1 Å². The van der Waals surface area contributed by atoms with Gasteiger partial charge in [0.1, 0.15) is 33.1 Å². The molecule has 0 fully saturated rings. The van der Waals surface area contributed by atoms with E-state index in [4.69, 9.17) is 5.73 Å². The first kappa shape index (κ1) is 43.4. The van der Waals surface area contributed by atoms with E-state index in [1.165, 1.54) is 24.3 Å². The van der Waals surface area contributed by atoms with Gasteiger partial charge in [0.2, 0.25) is 5.95 Å². The van der Waals surface area contributed by atoms with Crippen molar-refractivity contribution >= 4 is 87.0 Å². The Kier molecular flexibility index (Phi) is 18.6. The molecule has 4 rings (SSSR count). The van der Waals surface area contributed by atoms with E-state index in [-0.39, 0.29) is 108 Å². The predicted molar refractivity (Wildman–Crippen MR) is 140 cm³/mol. The first-order chi connectivity index (χ1) is 19.5. The van der Waals surface area contributed by atoms with Crippen LogP contribution in [-0.4, -0.2) is 28.0 Å². The number of azo groups is 1. The third-order valence-electron chi connectivity index (χ3n) is 4.90. The molecule has 0 atom stereocenters. The smallest absolute Gasteiger partial charge is 0.744 e. The van der Waals surface area contributed by atoms with Crippen molar-refractivity contribution in [2.24, 2.45) is 10.2 Å². The summed E-state index contributed by atoms with van der Waals surface area (Å²) in [5, 5.41) is 48.0. The van der Waals surface area contributed by atoms with Crippen molar-refractivity contribution in [1.29, 1.82) is 0 Å². The molecule has 25 heteroatoms. The Morgan fingerprint density at radius 3 is 2.24 bits per heavy atom. The van der Waals surface area contributed by atoms with E-state index in [0.717, 1.165) is 18.2 Å². The molecular weight excluding hydrogens is 671 g/mol. The maximum atomic E-state index is 13.5. The number of anilines is 3. The molecule has 0 unspecified atom stereocenters. The minimum Gasteiger partial charge on any atom is -0.744 e. The SMILES string of the molecule is Nc1c(S(=O)(=O)[O-])cc2cc(SOO[O-])cc(O)c2c1N=Nc1cc(Nc2cc(F)nc(F)n2)ccc1SOO[O-].S.[Li+].[Li+].[Li+]. The van der Waals surface area contributed by atoms with Crippen LogP contribution >= 0.6 is 37.6 Å². The Balaban J connectivity index is 0.00000484. The fourth-order valence-electron chi connectivity index (χ4n) is 3.38. The second-order valence-electron chi connectivity index (χ2n) is 7.42. The molecule has 0 amide bonds. The summed E-state index contributed by atoms with van der Waals surface area (Å²) in [6.45, 7) is 0. The number of fused-ring (bicyclic) bond motifs is 1. The minimum absolute atomic E-state index is 0. The summed E-state index contributed by atoms with van der Waals surface area (Å²) in [6, 6.07) is 7.96. The number of benzene rings is 3. The van der Waals surface area contributed by atoms with Gasteiger partial charge in [-0.3, -0.25) is 10.1 Å². The first-order valence-electron chi connectivity index (χ1n) is 10.3. The van der Waals surface area contributed by atoms with Crippen molar-refractivity contribution in [1.82, 2.24) is 9.97 Å². The molecule has 4 aromatic rings. The molecule has 0 spiro atoms. The molecule has 0 radical (unpaired) electrons. The summed E-state index contributed by atoms with van der Waals surface area (Å²) in [4.78, 5) is 5.53. The Hall–Kier alpha value is -1.63. The molecule has 4 N–H and O–H groups in total. The van der Waals surface area contributed by atoms with E-state index in [1.54, 1.807) is 0 Å². The van der Waals surface area contributed by atoms with Crippen LogP contribution in [0.4, 0.5) is 37.3 Å². The molecular formula is C20H13F2Li3N6O10S4. The van der Waals surface area contributed by atoms with Crippen LogP contribution in [0.1, 0.15) is 0 Å². The molecule has 0 bridgehead atoms. The zero-order valence-electron chi connectivity index (χ0n) is 23.0. The Bertz CT molecular complexity index is 1750. The fourth-order valence-corrected chi connectivity index (χ4v) is 4.86. The third-order valence-corrected chi connectivity index (χ3v) is 6.98. The van der Waals surface area contributed by atoms with Crippen molar-refractivity contribution in [3.05, 3.63) is 54.5 Å². The van der Waals surface area contributed by atoms with E-state index in [1.807, 2.05) is 0 Å². The van der Waals surface area contributed by atoms with E-state index >= 15 is 0 Å². The van der Waals surface area contributed by atoms with Gasteiger partial charge in [0.15, 0.2) is 0 Å². The standard InChI is InChI=1S/C20H14F2N6O10S3.3Li.H2S/c21-15-7-16(26-20(22)25-15)24-9-1-2-13(40-38-36-31)11(5-9)27-28-19-17-8(4-14(18(19)23)41(32,33)34)3-10(6-12(17)29)39-37-35-30;;;;/h1-7,29-31H,23H2,(H,24,25,26)(H,32,33,34);;;;1H2/q;3*+1;/p-3. The van der Waals surface area contributed by atoms with Crippen LogP contribution in [0.15, 0.2) is 67.4 Å². The summed E-state index contributed by atoms with van der Waals surface area (Å²) in [6.07, 6.45) is -1.34. The van der Waals surface area contributed by atoms with Gasteiger partial charge in [-0.25, -0.2) is 8.42 Å². The number of halogens is 2. The average Bonchev–Trinajstić information content (AvgIpc) is 2.89. The van der Waals surface area contributed by atoms with Crippen molar-refractivity contribution in [3.63, 3.8) is 0 Å². The first-order valence-corrected chi connectivity index (χ1v) is 13.2. The zero-order valence-corrected chi connectivity index (χ0v) is 26.5. The summed E-state index contributed by atoms with van der Waals surface area (Å²) in [5.41, 5.74) is 4.85. The summed E-state index contributed by atoms with van der Waals surface area (Å²) < 4.78 is 71.1. The van der Waals surface area contributed by atoms with Gasteiger partial charge in [0.05, 0.1) is 45.0 Å². The van der Waals surface area contributed by atoms with Crippen LogP contribution in [-0.2, 0) is 28.9 Å². The fraction of sp³-hybridized carbons (Fsp3) is 0. The number of nitrogen functional groups attached to an aromatic ring is 1. The molecule has 3 aromatic carbocycles. The molecule has 0 saturated heterocycles. The van der Waals surface area contributed by atoms with E-state index in [9.17, 15) is 37.4 Å². The van der Waals surface area contributed by atoms with Crippen molar-refractivity contribution in [2.75, 3.05) is 11.1 Å². The predicted octanol–water partition coefficient (Wildman–Crippen LogP) is -6.16. The number of rotatable bonds is 11. The van der Waals surface area contributed by atoms with Gasteiger partial charge in [-0.15, -0.1) is 10.2 Å². The normalized spacial score (nSPS) is 10.9. The Labute approximate surface area is 303 Å². The topological polar surface area (TPSA) is 249 Å². The number of hydrogen-bond acceptors (Lipinski definition) is 18. The number of nitrogens with two attached hydrogens (primary N) is 1. The number of aromatic nitrogens is 2. The molecule has 0 aliphatic carbocycles.